The quantitative estimate of drug-likeness (QED) is 0.769. The molecule has 0 aliphatic heterocycles. The highest BCUT2D eigenvalue weighted by Crippen LogP contribution is 2.29. The van der Waals surface area contributed by atoms with Crippen molar-refractivity contribution in [3.05, 3.63) is 24.3 Å². The Morgan fingerprint density at radius 1 is 1.48 bits per heavy atom. The molecule has 0 saturated carbocycles. The van der Waals surface area contributed by atoms with Crippen LogP contribution in [0.5, 0.6) is 0 Å². The van der Waals surface area contributed by atoms with Crippen molar-refractivity contribution in [1.82, 2.24) is 10.3 Å². The van der Waals surface area contributed by atoms with E-state index in [0.717, 1.165) is 21.0 Å². The van der Waals surface area contributed by atoms with Gasteiger partial charge in [0.05, 0.1) is 21.6 Å². The van der Waals surface area contributed by atoms with Crippen LogP contribution in [0.4, 0.5) is 0 Å². The molecule has 1 heterocycles. The lowest BCUT2D eigenvalue weighted by atomic mass is 10.0. The Bertz CT molecular complexity index is 577. The molecule has 0 aliphatic rings. The van der Waals surface area contributed by atoms with Crippen molar-refractivity contribution in [2.45, 2.75) is 36.6 Å². The summed E-state index contributed by atoms with van der Waals surface area (Å²) >= 11 is 3.03. The fourth-order valence-electron chi connectivity index (χ4n) is 2.01. The Morgan fingerprint density at radius 3 is 2.95 bits per heavy atom. The number of benzene rings is 1. The number of amides is 1. The van der Waals surface area contributed by atoms with Crippen LogP contribution in [0.15, 0.2) is 28.6 Å². The molecule has 4 nitrogen and oxygen atoms in total. The Morgan fingerprint density at radius 2 is 2.24 bits per heavy atom. The first kappa shape index (κ1) is 16.3. The number of hydrogen-bond acceptors (Lipinski definition) is 5. The van der Waals surface area contributed by atoms with Gasteiger partial charge in [-0.1, -0.05) is 37.2 Å². The summed E-state index contributed by atoms with van der Waals surface area (Å²) in [5.41, 5.74) is 0.140. The molecule has 114 valence electrons. The lowest BCUT2D eigenvalue weighted by molar-refractivity contribution is -0.119. The van der Waals surface area contributed by atoms with Crippen molar-refractivity contribution in [3.8, 4) is 0 Å². The van der Waals surface area contributed by atoms with Gasteiger partial charge in [-0.25, -0.2) is 4.98 Å². The second-order valence-corrected chi connectivity index (χ2v) is 7.51. The third-order valence-corrected chi connectivity index (χ3v) is 5.24. The standard InChI is InChI=1S/C15H20N2O2S2/c1-3-8-15(2,19)10-16-13(18)9-20-14-17-11-6-4-5-7-12(11)21-14/h4-7,19H,3,8-10H2,1-2H3,(H,16,18). The van der Waals surface area contributed by atoms with Crippen molar-refractivity contribution in [1.29, 1.82) is 0 Å². The van der Waals surface area contributed by atoms with Gasteiger partial charge >= 0.3 is 0 Å². The summed E-state index contributed by atoms with van der Waals surface area (Å²) in [5.74, 6) is 0.248. The van der Waals surface area contributed by atoms with E-state index in [0.29, 0.717) is 18.7 Å². The number of nitrogens with zero attached hydrogens (tertiary/aromatic N) is 1. The molecule has 0 radical (unpaired) electrons. The first-order valence-corrected chi connectivity index (χ1v) is 8.78. The summed E-state index contributed by atoms with van der Waals surface area (Å²) in [6, 6.07) is 7.94. The zero-order valence-corrected chi connectivity index (χ0v) is 13.9. The highest BCUT2D eigenvalue weighted by molar-refractivity contribution is 8.01. The molecule has 0 fully saturated rings. The molecule has 1 amide bonds. The molecule has 1 aromatic heterocycles. The lowest BCUT2D eigenvalue weighted by Gasteiger charge is -2.22. The van der Waals surface area contributed by atoms with Crippen molar-refractivity contribution >= 4 is 39.2 Å². The number of thioether (sulfide) groups is 1. The number of aliphatic hydroxyl groups is 1. The minimum absolute atomic E-state index is 0.0735. The molecule has 1 atom stereocenters. The second-order valence-electron chi connectivity index (χ2n) is 5.26. The number of fused-ring (bicyclic) bond motifs is 1. The van der Waals surface area contributed by atoms with E-state index in [1.54, 1.807) is 18.3 Å². The summed E-state index contributed by atoms with van der Waals surface area (Å²) in [6.45, 7) is 4.05. The van der Waals surface area contributed by atoms with Crippen molar-refractivity contribution in [3.63, 3.8) is 0 Å². The zero-order valence-electron chi connectivity index (χ0n) is 12.3. The first-order chi connectivity index (χ1) is 10.00. The van der Waals surface area contributed by atoms with Crippen LogP contribution in [0.1, 0.15) is 26.7 Å². The molecule has 6 heteroatoms. The fourth-order valence-corrected chi connectivity index (χ4v) is 3.91. The first-order valence-electron chi connectivity index (χ1n) is 6.97. The maximum Gasteiger partial charge on any atom is 0.230 e. The molecule has 1 aromatic carbocycles. The van der Waals surface area contributed by atoms with Gasteiger partial charge in [0.15, 0.2) is 4.34 Å². The summed E-state index contributed by atoms with van der Waals surface area (Å²) in [5, 5.41) is 12.8. The van der Waals surface area contributed by atoms with Crippen LogP contribution in [-0.2, 0) is 4.79 Å². The van der Waals surface area contributed by atoms with Gasteiger partial charge in [0.1, 0.15) is 0 Å². The molecule has 0 aliphatic carbocycles. The van der Waals surface area contributed by atoms with E-state index in [1.165, 1.54) is 11.8 Å². The van der Waals surface area contributed by atoms with Crippen LogP contribution in [0.25, 0.3) is 10.2 Å². The number of rotatable bonds is 7. The molecular formula is C15H20N2O2S2. The van der Waals surface area contributed by atoms with E-state index in [1.807, 2.05) is 31.2 Å². The minimum atomic E-state index is -0.828. The lowest BCUT2D eigenvalue weighted by Crippen LogP contribution is -2.41. The maximum absolute atomic E-state index is 11.8. The number of thiazole rings is 1. The Hall–Kier alpha value is -1.11. The monoisotopic (exact) mass is 324 g/mol. The summed E-state index contributed by atoms with van der Waals surface area (Å²) in [7, 11) is 0. The predicted molar refractivity (Wildman–Crippen MR) is 88.9 cm³/mol. The van der Waals surface area contributed by atoms with Crippen molar-refractivity contribution in [2.75, 3.05) is 12.3 Å². The van der Waals surface area contributed by atoms with Crippen LogP contribution >= 0.6 is 23.1 Å². The van der Waals surface area contributed by atoms with Crippen molar-refractivity contribution < 1.29 is 9.90 Å². The topological polar surface area (TPSA) is 62.2 Å². The third kappa shape index (κ3) is 4.98. The number of carbonyl (C=O) groups is 1. The van der Waals surface area contributed by atoms with E-state index in [4.69, 9.17) is 0 Å². The molecule has 2 rings (SSSR count). The third-order valence-electron chi connectivity index (χ3n) is 3.06. The summed E-state index contributed by atoms with van der Waals surface area (Å²) < 4.78 is 2.03. The maximum atomic E-state index is 11.8. The van der Waals surface area contributed by atoms with Crippen LogP contribution in [-0.4, -0.2) is 33.9 Å². The molecule has 2 aromatic rings. The molecule has 0 bridgehead atoms. The van der Waals surface area contributed by atoms with Crippen LogP contribution < -0.4 is 5.32 Å². The number of para-hydroxylation sites is 1. The number of hydrogen-bond donors (Lipinski definition) is 2. The van der Waals surface area contributed by atoms with Gasteiger partial charge < -0.3 is 10.4 Å². The minimum Gasteiger partial charge on any atom is -0.388 e. The van der Waals surface area contributed by atoms with Crippen molar-refractivity contribution in [2.24, 2.45) is 0 Å². The zero-order chi connectivity index (χ0) is 15.3. The molecule has 21 heavy (non-hydrogen) atoms. The Labute approximate surface area is 133 Å². The van der Waals surface area contributed by atoms with Gasteiger partial charge in [-0.3, -0.25) is 4.79 Å². The van der Waals surface area contributed by atoms with Gasteiger partial charge in [0, 0.05) is 6.54 Å². The number of carbonyl (C=O) groups excluding carboxylic acids is 1. The average molecular weight is 324 g/mol. The largest absolute Gasteiger partial charge is 0.388 e. The van der Waals surface area contributed by atoms with Gasteiger partial charge in [-0.05, 0) is 25.5 Å². The second kappa shape index (κ2) is 7.24. The van der Waals surface area contributed by atoms with Gasteiger partial charge in [-0.2, -0.15) is 0 Å². The van der Waals surface area contributed by atoms with Crippen LogP contribution in [0.3, 0.4) is 0 Å². The number of aromatic nitrogens is 1. The van der Waals surface area contributed by atoms with Crippen LogP contribution in [0.2, 0.25) is 0 Å². The summed E-state index contributed by atoms with van der Waals surface area (Å²) in [6.07, 6.45) is 1.57. The SMILES string of the molecule is CCCC(C)(O)CNC(=O)CSc1nc2ccccc2s1. The van der Waals surface area contributed by atoms with E-state index < -0.39 is 5.60 Å². The van der Waals surface area contributed by atoms with Crippen LogP contribution in [0, 0.1) is 0 Å². The van der Waals surface area contributed by atoms with E-state index >= 15 is 0 Å². The van der Waals surface area contributed by atoms with E-state index in [2.05, 4.69) is 10.3 Å². The van der Waals surface area contributed by atoms with E-state index in [9.17, 15) is 9.90 Å². The fraction of sp³-hybridized carbons (Fsp3) is 0.467. The molecular weight excluding hydrogens is 304 g/mol. The van der Waals surface area contributed by atoms with Gasteiger partial charge in [-0.15, -0.1) is 11.3 Å². The molecule has 2 N–H and O–H groups in total. The number of nitrogens with one attached hydrogen (secondary N) is 1. The average Bonchev–Trinajstić information content (AvgIpc) is 2.86. The summed E-state index contributed by atoms with van der Waals surface area (Å²) in [4.78, 5) is 16.3. The highest BCUT2D eigenvalue weighted by Gasteiger charge is 2.19. The van der Waals surface area contributed by atoms with Gasteiger partial charge in [0.25, 0.3) is 0 Å². The van der Waals surface area contributed by atoms with E-state index in [-0.39, 0.29) is 5.91 Å². The molecule has 0 saturated heterocycles. The Kier molecular flexibility index (Phi) is 5.61. The Balaban J connectivity index is 1.81. The normalized spacial score (nSPS) is 14.0. The van der Waals surface area contributed by atoms with Gasteiger partial charge in [0.2, 0.25) is 5.91 Å². The highest BCUT2D eigenvalue weighted by atomic mass is 32.2. The molecule has 1 unspecified atom stereocenters. The molecule has 0 spiro atoms. The smallest absolute Gasteiger partial charge is 0.230 e. The predicted octanol–water partition coefficient (Wildman–Crippen LogP) is 3.06.